The van der Waals surface area contributed by atoms with E-state index >= 15 is 0 Å². The number of hydrogen-bond acceptors (Lipinski definition) is 4. The Hall–Kier alpha value is -6.26. The van der Waals surface area contributed by atoms with Crippen molar-refractivity contribution in [1.82, 2.24) is 19.9 Å². The molecule has 0 aliphatic heterocycles. The molecule has 0 radical (unpaired) electrons. The Balaban J connectivity index is 1.25. The standard InChI is InChI=1S/C42H26N4/c1-2-11-27(12-3-1)40-33-15-6-7-16-36(33)46-42-34(40)22-20-28-21-25-37(45-41(28)42)32-24-23-31(29-13-4-5-14-30(29)32)35-18-10-19-39(44-35)38-17-8-9-26-43-38/h1-26H. The summed E-state index contributed by atoms with van der Waals surface area (Å²) >= 11 is 0. The first kappa shape index (κ1) is 26.2. The highest BCUT2D eigenvalue weighted by Gasteiger charge is 2.16. The van der Waals surface area contributed by atoms with Gasteiger partial charge in [-0.1, -0.05) is 115 Å². The first-order valence-electron chi connectivity index (χ1n) is 15.4. The van der Waals surface area contributed by atoms with Crippen molar-refractivity contribution in [1.29, 1.82) is 0 Å². The second-order valence-corrected chi connectivity index (χ2v) is 11.4. The van der Waals surface area contributed by atoms with E-state index < -0.39 is 0 Å². The second kappa shape index (κ2) is 10.7. The quantitative estimate of drug-likeness (QED) is 0.152. The first-order valence-corrected chi connectivity index (χ1v) is 15.4. The molecule has 0 aliphatic rings. The number of hydrogen-bond donors (Lipinski definition) is 0. The highest BCUT2D eigenvalue weighted by Crippen LogP contribution is 2.39. The van der Waals surface area contributed by atoms with Crippen LogP contribution < -0.4 is 0 Å². The zero-order chi connectivity index (χ0) is 30.5. The van der Waals surface area contributed by atoms with Gasteiger partial charge in [0.15, 0.2) is 0 Å². The minimum absolute atomic E-state index is 0.851. The summed E-state index contributed by atoms with van der Waals surface area (Å²) in [5, 5.41) is 5.55. The summed E-state index contributed by atoms with van der Waals surface area (Å²) in [6.45, 7) is 0. The van der Waals surface area contributed by atoms with Crippen LogP contribution in [0, 0.1) is 0 Å². The lowest BCUT2D eigenvalue weighted by atomic mass is 9.94. The van der Waals surface area contributed by atoms with Crippen LogP contribution in [-0.2, 0) is 0 Å². The lowest BCUT2D eigenvalue weighted by Crippen LogP contribution is -1.94. The minimum Gasteiger partial charge on any atom is -0.255 e. The highest BCUT2D eigenvalue weighted by atomic mass is 14.8. The molecular formula is C42H26N4. The van der Waals surface area contributed by atoms with Crippen LogP contribution >= 0.6 is 0 Å². The maximum absolute atomic E-state index is 5.34. The Kier molecular flexibility index (Phi) is 6.10. The predicted octanol–water partition coefficient (Wildman–Crippen LogP) is 10.5. The zero-order valence-electron chi connectivity index (χ0n) is 24.8. The Morgan fingerprint density at radius 1 is 0.348 bits per heavy atom. The lowest BCUT2D eigenvalue weighted by molar-refractivity contribution is 1.25. The van der Waals surface area contributed by atoms with Gasteiger partial charge in [0.05, 0.1) is 39.3 Å². The molecule has 4 nitrogen and oxygen atoms in total. The molecule has 46 heavy (non-hydrogen) atoms. The Morgan fingerprint density at radius 3 is 1.78 bits per heavy atom. The van der Waals surface area contributed by atoms with Gasteiger partial charge >= 0.3 is 0 Å². The molecule has 5 aromatic carbocycles. The summed E-state index contributed by atoms with van der Waals surface area (Å²) in [6.07, 6.45) is 1.80. The van der Waals surface area contributed by atoms with E-state index in [0.717, 1.165) is 77.4 Å². The highest BCUT2D eigenvalue weighted by molar-refractivity contribution is 6.16. The maximum atomic E-state index is 5.34. The molecule has 4 aromatic heterocycles. The summed E-state index contributed by atoms with van der Waals surface area (Å²) in [6, 6.07) is 52.5. The third kappa shape index (κ3) is 4.31. The fraction of sp³-hybridized carbons (Fsp3) is 0. The van der Waals surface area contributed by atoms with Gasteiger partial charge in [0.1, 0.15) is 0 Å². The molecule has 0 spiro atoms. The minimum atomic E-state index is 0.851. The normalized spacial score (nSPS) is 11.5. The van der Waals surface area contributed by atoms with E-state index in [1.54, 1.807) is 6.20 Å². The number of pyridine rings is 4. The second-order valence-electron chi connectivity index (χ2n) is 11.4. The number of nitrogens with zero attached hydrogens (tertiary/aromatic N) is 4. The summed E-state index contributed by atoms with van der Waals surface area (Å²) in [7, 11) is 0. The predicted molar refractivity (Wildman–Crippen MR) is 189 cm³/mol. The number of aromatic nitrogens is 4. The Labute approximate surface area is 265 Å². The van der Waals surface area contributed by atoms with Gasteiger partial charge < -0.3 is 0 Å². The van der Waals surface area contributed by atoms with Crippen molar-refractivity contribution in [3.05, 3.63) is 158 Å². The van der Waals surface area contributed by atoms with Crippen LogP contribution in [0.3, 0.4) is 0 Å². The van der Waals surface area contributed by atoms with E-state index in [-0.39, 0.29) is 0 Å². The number of para-hydroxylation sites is 1. The summed E-state index contributed by atoms with van der Waals surface area (Å²) in [5.74, 6) is 0. The summed E-state index contributed by atoms with van der Waals surface area (Å²) in [5.41, 5.74) is 10.8. The molecule has 0 saturated heterocycles. The number of benzene rings is 5. The van der Waals surface area contributed by atoms with Gasteiger partial charge in [-0.3, -0.25) is 4.98 Å². The fourth-order valence-corrected chi connectivity index (χ4v) is 6.59. The average molecular weight is 587 g/mol. The summed E-state index contributed by atoms with van der Waals surface area (Å²) in [4.78, 5) is 20.1. The van der Waals surface area contributed by atoms with Crippen LogP contribution in [0.1, 0.15) is 0 Å². The topological polar surface area (TPSA) is 51.6 Å². The number of fused-ring (bicyclic) bond motifs is 5. The molecule has 4 heteroatoms. The third-order valence-corrected chi connectivity index (χ3v) is 8.73. The fourth-order valence-electron chi connectivity index (χ4n) is 6.59. The van der Waals surface area contributed by atoms with Crippen molar-refractivity contribution in [3.8, 4) is 45.0 Å². The smallest absolute Gasteiger partial charge is 0.0978 e. The molecule has 0 atom stereocenters. The molecule has 0 amide bonds. The van der Waals surface area contributed by atoms with Crippen LogP contribution in [0.15, 0.2) is 158 Å². The van der Waals surface area contributed by atoms with Gasteiger partial charge in [0.25, 0.3) is 0 Å². The van der Waals surface area contributed by atoms with E-state index in [2.05, 4.69) is 126 Å². The maximum Gasteiger partial charge on any atom is 0.0978 e. The third-order valence-electron chi connectivity index (χ3n) is 8.73. The van der Waals surface area contributed by atoms with Gasteiger partial charge in [-0.05, 0) is 52.7 Å². The van der Waals surface area contributed by atoms with Crippen molar-refractivity contribution in [2.24, 2.45) is 0 Å². The Bertz CT molecular complexity index is 2580. The van der Waals surface area contributed by atoms with Gasteiger partial charge in [0, 0.05) is 39.0 Å². The molecule has 0 saturated carbocycles. The van der Waals surface area contributed by atoms with Crippen LogP contribution in [0.4, 0.5) is 0 Å². The van der Waals surface area contributed by atoms with Crippen molar-refractivity contribution < 1.29 is 0 Å². The van der Waals surface area contributed by atoms with Gasteiger partial charge in [-0.15, -0.1) is 0 Å². The molecule has 0 aliphatic carbocycles. The zero-order valence-corrected chi connectivity index (χ0v) is 24.8. The van der Waals surface area contributed by atoms with Gasteiger partial charge in [-0.25, -0.2) is 15.0 Å². The largest absolute Gasteiger partial charge is 0.255 e. The number of rotatable bonds is 4. The molecular weight excluding hydrogens is 560 g/mol. The molecule has 214 valence electrons. The first-order chi connectivity index (χ1) is 22.8. The van der Waals surface area contributed by atoms with Crippen LogP contribution in [0.25, 0.3) is 88.5 Å². The van der Waals surface area contributed by atoms with Crippen LogP contribution in [-0.4, -0.2) is 19.9 Å². The van der Waals surface area contributed by atoms with E-state index in [1.807, 2.05) is 30.3 Å². The molecule has 0 bridgehead atoms. The van der Waals surface area contributed by atoms with Crippen LogP contribution in [0.5, 0.6) is 0 Å². The van der Waals surface area contributed by atoms with Crippen molar-refractivity contribution >= 4 is 43.5 Å². The van der Waals surface area contributed by atoms with E-state index in [4.69, 9.17) is 15.0 Å². The molecule has 4 heterocycles. The van der Waals surface area contributed by atoms with Gasteiger partial charge in [0.2, 0.25) is 0 Å². The van der Waals surface area contributed by atoms with Crippen molar-refractivity contribution in [2.45, 2.75) is 0 Å². The van der Waals surface area contributed by atoms with E-state index in [9.17, 15) is 0 Å². The average Bonchev–Trinajstić information content (AvgIpc) is 3.14. The molecule has 0 N–H and O–H groups in total. The lowest BCUT2D eigenvalue weighted by Gasteiger charge is -2.14. The van der Waals surface area contributed by atoms with Crippen molar-refractivity contribution in [3.63, 3.8) is 0 Å². The Morgan fingerprint density at radius 2 is 1.00 bits per heavy atom. The summed E-state index contributed by atoms with van der Waals surface area (Å²) < 4.78 is 0. The van der Waals surface area contributed by atoms with Crippen LogP contribution in [0.2, 0.25) is 0 Å². The van der Waals surface area contributed by atoms with Gasteiger partial charge in [-0.2, -0.15) is 0 Å². The molecule has 0 fully saturated rings. The molecule has 9 aromatic rings. The SMILES string of the molecule is c1ccc(-c2c3ccccc3nc3c2ccc2ccc(-c4ccc(-c5cccc(-c6ccccn6)n5)c5ccccc45)nc23)cc1. The molecule has 0 unspecified atom stereocenters. The van der Waals surface area contributed by atoms with Crippen molar-refractivity contribution in [2.75, 3.05) is 0 Å². The van der Waals surface area contributed by atoms with E-state index in [0.29, 0.717) is 0 Å². The van der Waals surface area contributed by atoms with E-state index in [1.165, 1.54) is 11.1 Å². The monoisotopic (exact) mass is 586 g/mol. The molecule has 9 rings (SSSR count).